The van der Waals surface area contributed by atoms with E-state index in [4.69, 9.17) is 40.3 Å². The largest absolute Gasteiger partial charge is 0.489 e. The summed E-state index contributed by atoms with van der Waals surface area (Å²) in [6, 6.07) is 4.78. The number of carbonyl (C=O) groups is 4. The van der Waals surface area contributed by atoms with Gasteiger partial charge in [-0.05, 0) is 80.8 Å². The van der Waals surface area contributed by atoms with E-state index >= 15 is 0 Å². The Hall–Kier alpha value is -3.44. The highest BCUT2D eigenvalue weighted by Crippen LogP contribution is 2.58. The molecule has 3 unspecified atom stereocenters. The molecule has 0 N–H and O–H groups in total. The number of amides is 1. The number of rotatable bonds is 16. The number of methoxy groups -OCH3 is 2. The van der Waals surface area contributed by atoms with Crippen molar-refractivity contribution in [2.75, 3.05) is 27.4 Å². The Kier molecular flexibility index (Phi) is 11.2. The van der Waals surface area contributed by atoms with E-state index in [0.29, 0.717) is 58.2 Å². The maximum atomic E-state index is 14.8. The summed E-state index contributed by atoms with van der Waals surface area (Å²) >= 11 is 6.94. The number of ketones is 1. The van der Waals surface area contributed by atoms with Crippen LogP contribution in [0.3, 0.4) is 0 Å². The zero-order valence-corrected chi connectivity index (χ0v) is 34.1. The minimum absolute atomic E-state index is 0.0182. The smallest absolute Gasteiger partial charge is 0.312 e. The fourth-order valence-corrected chi connectivity index (χ4v) is 9.38. The summed E-state index contributed by atoms with van der Waals surface area (Å²) in [5.74, 6) is 0.736. The number of fused-ring (bicyclic) bond motifs is 2. The number of Topliss-reactive ketones (excluding diaryl/α,β-unsaturated/α-hetero) is 1. The van der Waals surface area contributed by atoms with Gasteiger partial charge < -0.3 is 28.6 Å². The first-order chi connectivity index (χ1) is 26.1. The van der Waals surface area contributed by atoms with E-state index < -0.39 is 28.9 Å². The van der Waals surface area contributed by atoms with Gasteiger partial charge in [0, 0.05) is 43.0 Å². The average Bonchev–Trinajstić information content (AvgIpc) is 4.12. The molecule has 2 aromatic rings. The predicted octanol–water partition coefficient (Wildman–Crippen LogP) is 7.47. The molecule has 1 saturated heterocycles. The molecular formula is C43H57ClN2O9. The van der Waals surface area contributed by atoms with Gasteiger partial charge in [0.05, 0.1) is 49.1 Å². The SMILES string of the molecule is CC[C@@H]1C[C@]1(CC(=O)C1C[C@@H](Oc2cc(C3CC3)nc3c(Cl)c(OCC(C)OC)ccc23)CN1C(=O)[C@@H](CC(=O)OC1C[C@@H]2C[C@@H]2C1)C(C)(C)C)C(=O)OC. The first-order valence-electron chi connectivity index (χ1n) is 20.2. The van der Waals surface area contributed by atoms with Crippen LogP contribution in [0.15, 0.2) is 18.2 Å². The van der Waals surface area contributed by atoms with Crippen molar-refractivity contribution in [1.82, 2.24) is 9.88 Å². The van der Waals surface area contributed by atoms with Gasteiger partial charge in [-0.15, -0.1) is 0 Å². The molecular weight excluding hydrogens is 724 g/mol. The summed E-state index contributed by atoms with van der Waals surface area (Å²) in [4.78, 5) is 62.2. The van der Waals surface area contributed by atoms with E-state index in [-0.39, 0.29) is 67.6 Å². The number of nitrogens with zero attached hydrogens (tertiary/aromatic N) is 2. The highest BCUT2D eigenvalue weighted by Gasteiger charge is 2.62. The van der Waals surface area contributed by atoms with Gasteiger partial charge >= 0.3 is 11.9 Å². The number of likely N-dealkylation sites (tertiary alicyclic amines) is 1. The lowest BCUT2D eigenvalue weighted by Gasteiger charge is -2.35. The minimum Gasteiger partial charge on any atom is -0.489 e. The second kappa shape index (κ2) is 15.5. The Morgan fingerprint density at radius 1 is 1.02 bits per heavy atom. The molecule has 5 fully saturated rings. The van der Waals surface area contributed by atoms with E-state index in [1.807, 2.05) is 46.8 Å². The Morgan fingerprint density at radius 2 is 1.75 bits per heavy atom. The highest BCUT2D eigenvalue weighted by molar-refractivity contribution is 6.36. The van der Waals surface area contributed by atoms with Crippen LogP contribution in [-0.4, -0.2) is 85.2 Å². The lowest BCUT2D eigenvalue weighted by Crippen LogP contribution is -2.48. The minimum atomic E-state index is -0.887. The van der Waals surface area contributed by atoms with Crippen molar-refractivity contribution in [1.29, 1.82) is 0 Å². The summed E-state index contributed by atoms with van der Waals surface area (Å²) in [6.45, 7) is 10.2. The number of aromatic nitrogens is 1. The lowest BCUT2D eigenvalue weighted by atomic mass is 9.77. The topological polar surface area (TPSA) is 131 Å². The molecule has 0 bridgehead atoms. The van der Waals surface area contributed by atoms with Crippen molar-refractivity contribution >= 4 is 46.1 Å². The van der Waals surface area contributed by atoms with Crippen LogP contribution in [0.25, 0.3) is 10.9 Å². The third-order valence-corrected chi connectivity index (χ3v) is 13.3. The molecule has 1 amide bonds. The van der Waals surface area contributed by atoms with Crippen molar-refractivity contribution in [2.45, 2.75) is 129 Å². The van der Waals surface area contributed by atoms with Crippen molar-refractivity contribution in [3.63, 3.8) is 0 Å². The van der Waals surface area contributed by atoms with E-state index in [1.54, 1.807) is 18.1 Å². The van der Waals surface area contributed by atoms with E-state index in [9.17, 15) is 19.2 Å². The third kappa shape index (κ3) is 8.34. The number of carbonyl (C=O) groups excluding carboxylic acids is 4. The van der Waals surface area contributed by atoms with Gasteiger partial charge in [-0.2, -0.15) is 0 Å². The van der Waals surface area contributed by atoms with Gasteiger partial charge in [0.15, 0.2) is 5.78 Å². The van der Waals surface area contributed by atoms with Crippen LogP contribution < -0.4 is 9.47 Å². The Morgan fingerprint density at radius 3 is 2.36 bits per heavy atom. The molecule has 4 saturated carbocycles. The first-order valence-corrected chi connectivity index (χ1v) is 20.6. The van der Waals surface area contributed by atoms with Crippen molar-refractivity contribution in [3.05, 3.63) is 28.9 Å². The molecule has 7 rings (SSSR count). The van der Waals surface area contributed by atoms with Crippen LogP contribution in [0.2, 0.25) is 5.02 Å². The fourth-order valence-electron chi connectivity index (χ4n) is 9.12. The van der Waals surface area contributed by atoms with Crippen molar-refractivity contribution in [3.8, 4) is 11.5 Å². The summed E-state index contributed by atoms with van der Waals surface area (Å²) in [5, 5.41) is 1.07. The molecule has 1 aromatic carbocycles. The molecule has 1 aromatic heterocycles. The molecule has 12 heteroatoms. The molecule has 55 heavy (non-hydrogen) atoms. The number of esters is 2. The summed E-state index contributed by atoms with van der Waals surface area (Å²) in [7, 11) is 2.98. The molecule has 0 radical (unpaired) electrons. The van der Waals surface area contributed by atoms with E-state index in [1.165, 1.54) is 13.5 Å². The van der Waals surface area contributed by atoms with E-state index in [2.05, 4.69) is 0 Å². The molecule has 0 spiro atoms. The maximum Gasteiger partial charge on any atom is 0.312 e. The predicted molar refractivity (Wildman–Crippen MR) is 206 cm³/mol. The van der Waals surface area contributed by atoms with Crippen LogP contribution >= 0.6 is 11.6 Å². The Bertz CT molecular complexity index is 1810. The second-order valence-electron chi connectivity index (χ2n) is 18.0. The van der Waals surface area contributed by atoms with Crippen LogP contribution in [0.4, 0.5) is 0 Å². The molecule has 2 heterocycles. The van der Waals surface area contributed by atoms with Gasteiger partial charge in [-0.25, -0.2) is 0 Å². The molecule has 9 atom stereocenters. The van der Waals surface area contributed by atoms with E-state index in [0.717, 1.165) is 37.8 Å². The zero-order valence-electron chi connectivity index (χ0n) is 33.4. The summed E-state index contributed by atoms with van der Waals surface area (Å²) in [5.41, 5.74) is -0.0557. The van der Waals surface area contributed by atoms with Gasteiger partial charge in [-0.3, -0.25) is 24.2 Å². The van der Waals surface area contributed by atoms with Crippen LogP contribution in [0.5, 0.6) is 11.5 Å². The molecule has 300 valence electrons. The van der Waals surface area contributed by atoms with Crippen molar-refractivity contribution in [2.24, 2.45) is 34.5 Å². The molecule has 5 aliphatic rings. The second-order valence-corrected chi connectivity index (χ2v) is 18.4. The quantitative estimate of drug-likeness (QED) is 0.158. The normalized spacial score (nSPS) is 29.3. The van der Waals surface area contributed by atoms with Crippen molar-refractivity contribution < 1.29 is 42.9 Å². The number of hydrogen-bond acceptors (Lipinski definition) is 10. The standard InChI is InChI=1S/C43H57ClN2O9/c1-8-27-19-43(27,41(50)52-7)20-34(47)33-16-29(21-46(33)40(49)31(42(3,4)5)17-37(48)55-28-14-25-13-26(25)15-28)54-36-18-32(24-9-10-24)45-39-30(36)11-12-35(38(39)44)53-22-23(2)51-6/h11-12,18,23-29,31,33H,8-10,13-17,19-22H2,1-7H3/t23?,25-,26+,27-,28?,29-,31-,33?,43-/m1/s1. The fraction of sp³-hybridized carbons (Fsp3) is 0.698. The van der Waals surface area contributed by atoms with Crippen LogP contribution in [0.1, 0.15) is 110 Å². The number of hydrogen-bond donors (Lipinski definition) is 0. The third-order valence-electron chi connectivity index (χ3n) is 13.0. The number of ether oxygens (including phenoxy) is 5. The average molecular weight is 781 g/mol. The zero-order chi connectivity index (χ0) is 39.4. The summed E-state index contributed by atoms with van der Waals surface area (Å²) < 4.78 is 29.2. The van der Waals surface area contributed by atoms with Crippen LogP contribution in [0, 0.1) is 34.5 Å². The first kappa shape index (κ1) is 39.8. The molecule has 1 aliphatic heterocycles. The van der Waals surface area contributed by atoms with Crippen LogP contribution in [-0.2, 0) is 33.4 Å². The highest BCUT2D eigenvalue weighted by atomic mass is 35.5. The van der Waals surface area contributed by atoms with Gasteiger partial charge in [0.25, 0.3) is 0 Å². The lowest BCUT2D eigenvalue weighted by molar-refractivity contribution is -0.157. The van der Waals surface area contributed by atoms with Gasteiger partial charge in [0.2, 0.25) is 5.91 Å². The summed E-state index contributed by atoms with van der Waals surface area (Å²) in [6.07, 6.45) is 5.72. The number of pyridine rings is 1. The molecule has 11 nitrogen and oxygen atoms in total. The molecule has 4 aliphatic carbocycles. The Balaban J connectivity index is 1.17. The number of benzene rings is 1. The Labute approximate surface area is 329 Å². The monoisotopic (exact) mass is 780 g/mol. The number of halogens is 1. The van der Waals surface area contributed by atoms with Gasteiger partial charge in [-0.1, -0.05) is 45.7 Å². The van der Waals surface area contributed by atoms with Gasteiger partial charge in [0.1, 0.15) is 35.3 Å². The maximum absolute atomic E-state index is 14.8.